The van der Waals surface area contributed by atoms with E-state index in [2.05, 4.69) is 12.2 Å². The molecule has 0 aliphatic heterocycles. The number of rotatable bonds is 11. The summed E-state index contributed by atoms with van der Waals surface area (Å²) in [6.45, 7) is 2.81. The minimum absolute atomic E-state index is 0.253. The summed E-state index contributed by atoms with van der Waals surface area (Å²) in [6, 6.07) is 3.67. The summed E-state index contributed by atoms with van der Waals surface area (Å²) in [4.78, 5) is 20.4. The molecule has 0 bridgehead atoms. The molecule has 22 heavy (non-hydrogen) atoms. The van der Waals surface area contributed by atoms with Crippen LogP contribution < -0.4 is 5.32 Å². The Morgan fingerprint density at radius 1 is 0.955 bits per heavy atom. The van der Waals surface area contributed by atoms with E-state index >= 15 is 0 Å². The first-order valence-electron chi connectivity index (χ1n) is 7.73. The Labute approximate surface area is 130 Å². The normalized spacial score (nSPS) is 10.4. The van der Waals surface area contributed by atoms with E-state index in [9.17, 15) is 20.2 Å². The van der Waals surface area contributed by atoms with Gasteiger partial charge in [-0.15, -0.1) is 0 Å². The van der Waals surface area contributed by atoms with Crippen LogP contribution in [-0.2, 0) is 0 Å². The monoisotopic (exact) mass is 309 g/mol. The average Bonchev–Trinajstić information content (AvgIpc) is 2.49. The first-order chi connectivity index (χ1) is 10.6. The van der Waals surface area contributed by atoms with Crippen LogP contribution in [0, 0.1) is 20.2 Å². The molecule has 0 radical (unpaired) electrons. The van der Waals surface area contributed by atoms with Gasteiger partial charge in [0.25, 0.3) is 11.4 Å². The van der Waals surface area contributed by atoms with Gasteiger partial charge >= 0.3 is 0 Å². The predicted octanol–water partition coefficient (Wildman–Crippen LogP) is 4.67. The fourth-order valence-electron chi connectivity index (χ4n) is 2.24. The molecule has 0 fully saturated rings. The molecule has 1 rings (SSSR count). The molecule has 0 saturated heterocycles. The molecule has 0 amide bonds. The van der Waals surface area contributed by atoms with Crippen molar-refractivity contribution in [3.8, 4) is 0 Å². The molecule has 0 aromatic heterocycles. The molecule has 0 saturated carbocycles. The van der Waals surface area contributed by atoms with Gasteiger partial charge in [0.15, 0.2) is 0 Å². The summed E-state index contributed by atoms with van der Waals surface area (Å²) in [5.41, 5.74) is -0.188. The molecular weight excluding hydrogens is 286 g/mol. The largest absolute Gasteiger partial charge is 0.379 e. The fraction of sp³-hybridized carbons (Fsp3) is 0.600. The molecule has 1 aromatic rings. The zero-order valence-corrected chi connectivity index (χ0v) is 12.9. The highest BCUT2D eigenvalue weighted by molar-refractivity contribution is 5.65. The molecule has 122 valence electrons. The van der Waals surface area contributed by atoms with Crippen molar-refractivity contribution in [2.75, 3.05) is 11.9 Å². The fourth-order valence-corrected chi connectivity index (χ4v) is 2.24. The highest BCUT2D eigenvalue weighted by Gasteiger charge is 2.18. The maximum Gasteiger partial charge on any atom is 0.299 e. The minimum Gasteiger partial charge on any atom is -0.379 e. The van der Waals surface area contributed by atoms with Crippen molar-refractivity contribution in [1.29, 1.82) is 0 Å². The number of non-ortho nitro benzene ring substituents is 1. The quantitative estimate of drug-likeness (QED) is 0.364. The summed E-state index contributed by atoms with van der Waals surface area (Å²) in [5.74, 6) is 0. The summed E-state index contributed by atoms with van der Waals surface area (Å²) in [7, 11) is 0. The van der Waals surface area contributed by atoms with Crippen LogP contribution in [0.4, 0.5) is 17.1 Å². The van der Waals surface area contributed by atoms with Crippen molar-refractivity contribution in [3.05, 3.63) is 38.4 Å². The third-order valence-corrected chi connectivity index (χ3v) is 3.48. The predicted molar refractivity (Wildman–Crippen MR) is 86.2 cm³/mol. The molecule has 0 heterocycles. The maximum atomic E-state index is 11.0. The van der Waals surface area contributed by atoms with Gasteiger partial charge < -0.3 is 5.32 Å². The lowest BCUT2D eigenvalue weighted by Gasteiger charge is -2.07. The van der Waals surface area contributed by atoms with Gasteiger partial charge in [-0.2, -0.15) is 0 Å². The van der Waals surface area contributed by atoms with Gasteiger partial charge in [-0.1, -0.05) is 45.4 Å². The third-order valence-electron chi connectivity index (χ3n) is 3.48. The Balaban J connectivity index is 2.42. The zero-order chi connectivity index (χ0) is 16.4. The second-order valence-electron chi connectivity index (χ2n) is 5.26. The van der Waals surface area contributed by atoms with Gasteiger partial charge in [0.1, 0.15) is 5.69 Å². The number of nitrogens with one attached hydrogen (secondary N) is 1. The summed E-state index contributed by atoms with van der Waals surface area (Å²) in [5, 5.41) is 24.6. The second kappa shape index (κ2) is 9.70. The Morgan fingerprint density at radius 2 is 1.59 bits per heavy atom. The van der Waals surface area contributed by atoms with Crippen molar-refractivity contribution in [3.63, 3.8) is 0 Å². The zero-order valence-electron chi connectivity index (χ0n) is 12.9. The van der Waals surface area contributed by atoms with E-state index in [4.69, 9.17) is 0 Å². The van der Waals surface area contributed by atoms with Crippen LogP contribution in [-0.4, -0.2) is 16.4 Å². The first-order valence-corrected chi connectivity index (χ1v) is 7.73. The van der Waals surface area contributed by atoms with E-state index in [-0.39, 0.29) is 11.4 Å². The number of nitro benzene ring substituents is 2. The van der Waals surface area contributed by atoms with Crippen LogP contribution in [0.3, 0.4) is 0 Å². The van der Waals surface area contributed by atoms with E-state index in [1.165, 1.54) is 44.2 Å². The van der Waals surface area contributed by atoms with Crippen LogP contribution in [0.25, 0.3) is 0 Å². The lowest BCUT2D eigenvalue weighted by molar-refractivity contribution is -0.393. The van der Waals surface area contributed by atoms with Gasteiger partial charge in [-0.05, 0) is 12.5 Å². The average molecular weight is 309 g/mol. The number of unbranched alkanes of at least 4 members (excludes halogenated alkanes) is 6. The number of anilines is 1. The van der Waals surface area contributed by atoms with Crippen molar-refractivity contribution in [2.45, 2.75) is 51.9 Å². The van der Waals surface area contributed by atoms with Gasteiger partial charge in [-0.3, -0.25) is 20.2 Å². The van der Waals surface area contributed by atoms with Gasteiger partial charge in [0.05, 0.1) is 15.9 Å². The Kier molecular flexibility index (Phi) is 7.88. The Morgan fingerprint density at radius 3 is 2.18 bits per heavy atom. The van der Waals surface area contributed by atoms with E-state index in [0.29, 0.717) is 12.2 Å². The SMILES string of the molecule is CCCCCCCCCNc1ccc([N+](=O)[O-])cc1[N+](=O)[O-]. The summed E-state index contributed by atoms with van der Waals surface area (Å²) in [6.07, 6.45) is 8.17. The molecule has 1 N–H and O–H groups in total. The van der Waals surface area contributed by atoms with Crippen LogP contribution in [0.1, 0.15) is 51.9 Å². The smallest absolute Gasteiger partial charge is 0.299 e. The minimum atomic E-state index is -0.632. The molecule has 7 nitrogen and oxygen atoms in total. The molecule has 0 aliphatic carbocycles. The van der Waals surface area contributed by atoms with E-state index in [1.54, 1.807) is 0 Å². The number of benzene rings is 1. The Bertz CT molecular complexity index is 506. The van der Waals surface area contributed by atoms with E-state index in [1.807, 2.05) is 0 Å². The van der Waals surface area contributed by atoms with Crippen LogP contribution in [0.15, 0.2) is 18.2 Å². The van der Waals surface area contributed by atoms with Crippen molar-refractivity contribution < 1.29 is 9.85 Å². The van der Waals surface area contributed by atoms with Crippen molar-refractivity contribution in [2.24, 2.45) is 0 Å². The highest BCUT2D eigenvalue weighted by atomic mass is 16.6. The van der Waals surface area contributed by atoms with Gasteiger partial charge in [0.2, 0.25) is 0 Å². The van der Waals surface area contributed by atoms with E-state index in [0.717, 1.165) is 18.9 Å². The topological polar surface area (TPSA) is 98.3 Å². The van der Waals surface area contributed by atoms with E-state index < -0.39 is 9.85 Å². The summed E-state index contributed by atoms with van der Waals surface area (Å²) < 4.78 is 0. The molecule has 0 spiro atoms. The maximum absolute atomic E-state index is 11.0. The Hall–Kier alpha value is -2.18. The lowest BCUT2D eigenvalue weighted by atomic mass is 10.1. The first kappa shape index (κ1) is 17.9. The lowest BCUT2D eigenvalue weighted by Crippen LogP contribution is -2.05. The van der Waals surface area contributed by atoms with Gasteiger partial charge in [0, 0.05) is 12.6 Å². The standard InChI is InChI=1S/C15H23N3O4/c1-2-3-4-5-6-7-8-11-16-14-10-9-13(17(19)20)12-15(14)18(21)22/h9-10,12,16H,2-8,11H2,1H3. The van der Waals surface area contributed by atoms with Crippen molar-refractivity contribution in [1.82, 2.24) is 0 Å². The number of hydrogen-bond donors (Lipinski definition) is 1. The molecule has 0 unspecified atom stereocenters. The van der Waals surface area contributed by atoms with Crippen LogP contribution in [0.5, 0.6) is 0 Å². The molecule has 0 aliphatic rings. The van der Waals surface area contributed by atoms with Crippen LogP contribution in [0.2, 0.25) is 0 Å². The van der Waals surface area contributed by atoms with Gasteiger partial charge in [-0.25, -0.2) is 0 Å². The van der Waals surface area contributed by atoms with Crippen LogP contribution >= 0.6 is 0 Å². The number of hydrogen-bond acceptors (Lipinski definition) is 5. The number of nitro groups is 2. The number of nitrogens with zero attached hydrogens (tertiary/aromatic N) is 2. The molecule has 1 aromatic carbocycles. The molecule has 7 heteroatoms. The summed E-state index contributed by atoms with van der Waals surface area (Å²) >= 11 is 0. The highest BCUT2D eigenvalue weighted by Crippen LogP contribution is 2.28. The molecule has 0 atom stereocenters. The third kappa shape index (κ3) is 6.07. The van der Waals surface area contributed by atoms with Crippen molar-refractivity contribution >= 4 is 17.1 Å². The second-order valence-corrected chi connectivity index (χ2v) is 5.26. The molecular formula is C15H23N3O4.